The summed E-state index contributed by atoms with van der Waals surface area (Å²) in [6.07, 6.45) is 0. The normalized spacial score (nSPS) is 11.6. The third-order valence-corrected chi connectivity index (χ3v) is 6.09. The smallest absolute Gasteiger partial charge is 0.264 e. The van der Waals surface area contributed by atoms with Gasteiger partial charge in [0.05, 0.1) is 10.6 Å². The molecule has 0 atom stereocenters. The second-order valence-corrected chi connectivity index (χ2v) is 8.82. The molecule has 0 N–H and O–H groups in total. The van der Waals surface area contributed by atoms with Crippen molar-refractivity contribution in [3.8, 4) is 5.75 Å². The highest BCUT2D eigenvalue weighted by molar-refractivity contribution is 7.92. The van der Waals surface area contributed by atoms with E-state index in [1.54, 1.807) is 36.4 Å². The van der Waals surface area contributed by atoms with Crippen molar-refractivity contribution in [2.45, 2.75) is 31.3 Å². The van der Waals surface area contributed by atoms with Crippen LogP contribution in [-0.4, -0.2) is 25.6 Å². The summed E-state index contributed by atoms with van der Waals surface area (Å²) in [7, 11) is -2.19. The Morgan fingerprint density at radius 1 is 1.11 bits per heavy atom. The number of anilines is 1. The molecule has 7 nitrogen and oxygen atoms in total. The Morgan fingerprint density at radius 2 is 1.75 bits per heavy atom. The second kappa shape index (κ2) is 8.20. The minimum absolute atomic E-state index is 0.137. The van der Waals surface area contributed by atoms with Crippen molar-refractivity contribution in [2.75, 3.05) is 11.4 Å². The van der Waals surface area contributed by atoms with Crippen LogP contribution in [0.2, 0.25) is 5.02 Å². The van der Waals surface area contributed by atoms with Gasteiger partial charge in [-0.15, -0.1) is 0 Å². The highest BCUT2D eigenvalue weighted by Crippen LogP contribution is 2.25. The van der Waals surface area contributed by atoms with Gasteiger partial charge >= 0.3 is 0 Å². The lowest BCUT2D eigenvalue weighted by atomic mass is 10.2. The lowest BCUT2D eigenvalue weighted by Gasteiger charge is -2.19. The monoisotopic (exact) mass is 421 g/mol. The van der Waals surface area contributed by atoms with Crippen LogP contribution in [0.5, 0.6) is 5.75 Å². The van der Waals surface area contributed by atoms with E-state index < -0.39 is 10.0 Å². The first-order valence-electron chi connectivity index (χ1n) is 8.57. The summed E-state index contributed by atoms with van der Waals surface area (Å²) in [5.41, 5.74) is 0.502. The van der Waals surface area contributed by atoms with Gasteiger partial charge in [0.1, 0.15) is 5.75 Å². The second-order valence-electron chi connectivity index (χ2n) is 6.41. The molecule has 9 heteroatoms. The Kier molecular flexibility index (Phi) is 5.90. The van der Waals surface area contributed by atoms with Crippen molar-refractivity contribution in [1.82, 2.24) is 10.1 Å². The van der Waals surface area contributed by atoms with Crippen molar-refractivity contribution in [3.63, 3.8) is 0 Å². The summed E-state index contributed by atoms with van der Waals surface area (Å²) in [5.74, 6) is 1.75. The molecule has 1 aromatic heterocycles. The van der Waals surface area contributed by atoms with E-state index in [1.807, 2.05) is 13.8 Å². The van der Waals surface area contributed by atoms with Crippen molar-refractivity contribution < 1.29 is 17.7 Å². The lowest BCUT2D eigenvalue weighted by Crippen LogP contribution is -2.26. The summed E-state index contributed by atoms with van der Waals surface area (Å²) in [6.45, 7) is 4.09. The van der Waals surface area contributed by atoms with Crippen LogP contribution in [0, 0.1) is 0 Å². The average molecular weight is 422 g/mol. The molecule has 0 saturated heterocycles. The molecule has 0 bridgehead atoms. The molecule has 0 aliphatic rings. The van der Waals surface area contributed by atoms with E-state index in [4.69, 9.17) is 20.9 Å². The van der Waals surface area contributed by atoms with Gasteiger partial charge in [-0.3, -0.25) is 4.31 Å². The molecule has 0 aliphatic carbocycles. The van der Waals surface area contributed by atoms with Crippen molar-refractivity contribution in [2.24, 2.45) is 0 Å². The number of halogens is 1. The zero-order valence-corrected chi connectivity index (χ0v) is 17.2. The Labute approximate surface area is 168 Å². The Hall–Kier alpha value is -2.58. The van der Waals surface area contributed by atoms with E-state index in [9.17, 15) is 8.42 Å². The maximum Gasteiger partial charge on any atom is 0.264 e. The molecule has 28 heavy (non-hydrogen) atoms. The van der Waals surface area contributed by atoms with E-state index in [2.05, 4.69) is 10.1 Å². The van der Waals surface area contributed by atoms with Crippen LogP contribution in [0.1, 0.15) is 31.5 Å². The molecular weight excluding hydrogens is 402 g/mol. The van der Waals surface area contributed by atoms with E-state index in [0.29, 0.717) is 28.2 Å². The number of hydrogen-bond acceptors (Lipinski definition) is 6. The maximum atomic E-state index is 12.7. The van der Waals surface area contributed by atoms with E-state index in [-0.39, 0.29) is 17.4 Å². The summed E-state index contributed by atoms with van der Waals surface area (Å²) >= 11 is 5.83. The number of ether oxygens (including phenoxy) is 1. The molecule has 2 aromatic carbocycles. The van der Waals surface area contributed by atoms with Crippen LogP contribution in [0.15, 0.2) is 57.9 Å². The quantitative estimate of drug-likeness (QED) is 0.566. The highest BCUT2D eigenvalue weighted by Gasteiger charge is 2.21. The van der Waals surface area contributed by atoms with Gasteiger partial charge in [0.15, 0.2) is 12.4 Å². The van der Waals surface area contributed by atoms with Gasteiger partial charge in [0.2, 0.25) is 0 Å². The number of aromatic nitrogens is 2. The molecule has 0 aliphatic heterocycles. The topological polar surface area (TPSA) is 85.5 Å². The van der Waals surface area contributed by atoms with Crippen LogP contribution in [0.4, 0.5) is 5.69 Å². The average Bonchev–Trinajstić information content (AvgIpc) is 3.16. The van der Waals surface area contributed by atoms with E-state index >= 15 is 0 Å². The van der Waals surface area contributed by atoms with Gasteiger partial charge in [0.25, 0.3) is 15.9 Å². The largest absolute Gasteiger partial charge is 0.484 e. The number of benzene rings is 2. The van der Waals surface area contributed by atoms with Gasteiger partial charge in [-0.2, -0.15) is 4.98 Å². The summed E-state index contributed by atoms with van der Waals surface area (Å²) in [5, 5.41) is 4.36. The maximum absolute atomic E-state index is 12.7. The first-order valence-corrected chi connectivity index (χ1v) is 10.4. The molecule has 0 fully saturated rings. The SMILES string of the molecule is CC(C)c1noc(COc2ccc(N(C)S(=O)(=O)c3ccc(Cl)cc3)cc2)n1. The molecule has 0 saturated carbocycles. The first kappa shape index (κ1) is 20.2. The van der Waals surface area contributed by atoms with Gasteiger partial charge in [-0.1, -0.05) is 30.6 Å². The van der Waals surface area contributed by atoms with Crippen LogP contribution >= 0.6 is 11.6 Å². The number of nitrogens with zero attached hydrogens (tertiary/aromatic N) is 3. The van der Waals surface area contributed by atoms with E-state index in [0.717, 1.165) is 0 Å². The van der Waals surface area contributed by atoms with Crippen LogP contribution in [0.3, 0.4) is 0 Å². The first-order chi connectivity index (χ1) is 13.3. The molecule has 0 spiro atoms. The van der Waals surface area contributed by atoms with Crippen LogP contribution in [-0.2, 0) is 16.6 Å². The predicted molar refractivity (Wildman–Crippen MR) is 106 cm³/mol. The zero-order chi connectivity index (χ0) is 20.3. The third-order valence-electron chi connectivity index (χ3n) is 4.03. The van der Waals surface area contributed by atoms with Gasteiger partial charge < -0.3 is 9.26 Å². The molecule has 0 amide bonds. The molecule has 3 rings (SSSR count). The van der Waals surface area contributed by atoms with Crippen LogP contribution in [0.25, 0.3) is 0 Å². The minimum atomic E-state index is -3.68. The van der Waals surface area contributed by atoms with Gasteiger partial charge in [-0.25, -0.2) is 8.42 Å². The Morgan fingerprint density at radius 3 is 2.32 bits per heavy atom. The number of hydrogen-bond donors (Lipinski definition) is 0. The fourth-order valence-electron chi connectivity index (χ4n) is 2.36. The number of sulfonamides is 1. The van der Waals surface area contributed by atoms with Crippen LogP contribution < -0.4 is 9.04 Å². The number of rotatable bonds is 7. The zero-order valence-electron chi connectivity index (χ0n) is 15.7. The van der Waals surface area contributed by atoms with Crippen molar-refractivity contribution in [1.29, 1.82) is 0 Å². The molecular formula is C19H20ClN3O4S. The summed E-state index contributed by atoms with van der Waals surface area (Å²) < 4.78 is 37.4. The van der Waals surface area contributed by atoms with Gasteiger partial charge in [0, 0.05) is 18.0 Å². The Balaban J connectivity index is 1.68. The standard InChI is InChI=1S/C19H20ClN3O4S/c1-13(2)19-21-18(27-22-19)12-26-16-8-6-15(7-9-16)23(3)28(24,25)17-10-4-14(20)5-11-17/h4-11,13H,12H2,1-3H3. The lowest BCUT2D eigenvalue weighted by molar-refractivity contribution is 0.242. The molecule has 1 heterocycles. The third kappa shape index (κ3) is 4.45. The molecule has 0 unspecified atom stereocenters. The summed E-state index contributed by atoms with van der Waals surface area (Å²) in [6, 6.07) is 12.7. The van der Waals surface area contributed by atoms with Crippen molar-refractivity contribution in [3.05, 3.63) is 65.3 Å². The minimum Gasteiger partial charge on any atom is -0.484 e. The fraction of sp³-hybridized carbons (Fsp3) is 0.263. The van der Waals surface area contributed by atoms with Gasteiger partial charge in [-0.05, 0) is 48.5 Å². The predicted octanol–water partition coefficient (Wildman–Crippen LogP) is 4.25. The molecule has 148 valence electrons. The van der Waals surface area contributed by atoms with Crippen molar-refractivity contribution >= 4 is 27.3 Å². The molecule has 3 aromatic rings. The molecule has 0 radical (unpaired) electrons. The fourth-order valence-corrected chi connectivity index (χ4v) is 3.68. The Bertz CT molecular complexity index is 1030. The van der Waals surface area contributed by atoms with E-state index in [1.165, 1.54) is 23.5 Å². The highest BCUT2D eigenvalue weighted by atomic mass is 35.5. The summed E-state index contributed by atoms with van der Waals surface area (Å²) in [4.78, 5) is 4.41.